The Kier molecular flexibility index (Phi) is 3.39. The number of hydrogen-bond acceptors (Lipinski definition) is 3. The molecule has 1 aliphatic heterocycles. The summed E-state index contributed by atoms with van der Waals surface area (Å²) in [7, 11) is 1.48. The van der Waals surface area contributed by atoms with Crippen molar-refractivity contribution in [1.82, 2.24) is 20.2 Å². The molecule has 1 unspecified atom stereocenters. The summed E-state index contributed by atoms with van der Waals surface area (Å²) >= 11 is 0. The lowest BCUT2D eigenvalue weighted by Crippen LogP contribution is -2.45. The summed E-state index contributed by atoms with van der Waals surface area (Å²) in [5.41, 5.74) is 1.98. The summed E-state index contributed by atoms with van der Waals surface area (Å²) in [6, 6.07) is 0.0261. The monoisotopic (exact) mass is 248 g/mol. The SMILES string of the molecule is CN(CC1Cc2nc[nH]c2CN1)CC(F)(F)F. The van der Waals surface area contributed by atoms with E-state index in [-0.39, 0.29) is 6.04 Å². The van der Waals surface area contributed by atoms with Crippen LogP contribution in [0.4, 0.5) is 13.2 Å². The van der Waals surface area contributed by atoms with Crippen molar-refractivity contribution in [2.24, 2.45) is 0 Å². The van der Waals surface area contributed by atoms with E-state index in [1.165, 1.54) is 11.9 Å². The van der Waals surface area contributed by atoms with Gasteiger partial charge in [0.05, 0.1) is 24.3 Å². The Balaban J connectivity index is 1.85. The molecule has 0 amide bonds. The molecule has 1 atom stereocenters. The molecule has 4 nitrogen and oxygen atoms in total. The Morgan fingerprint density at radius 3 is 3.00 bits per heavy atom. The van der Waals surface area contributed by atoms with Crippen LogP contribution >= 0.6 is 0 Å². The van der Waals surface area contributed by atoms with Crippen molar-refractivity contribution in [1.29, 1.82) is 0 Å². The minimum Gasteiger partial charge on any atom is -0.347 e. The van der Waals surface area contributed by atoms with E-state index in [1.807, 2.05) is 0 Å². The van der Waals surface area contributed by atoms with E-state index < -0.39 is 12.7 Å². The predicted molar refractivity (Wildman–Crippen MR) is 56.5 cm³/mol. The maximum Gasteiger partial charge on any atom is 0.401 e. The van der Waals surface area contributed by atoms with Gasteiger partial charge in [0.15, 0.2) is 0 Å². The van der Waals surface area contributed by atoms with Crippen LogP contribution in [0.2, 0.25) is 0 Å². The fourth-order valence-electron chi connectivity index (χ4n) is 2.11. The van der Waals surface area contributed by atoms with Crippen LogP contribution in [0, 0.1) is 0 Å². The molecule has 1 aromatic heterocycles. The van der Waals surface area contributed by atoms with Crippen molar-refractivity contribution < 1.29 is 13.2 Å². The number of fused-ring (bicyclic) bond motifs is 1. The highest BCUT2D eigenvalue weighted by Crippen LogP contribution is 2.17. The van der Waals surface area contributed by atoms with Gasteiger partial charge >= 0.3 is 6.18 Å². The Labute approximate surface area is 97.2 Å². The zero-order chi connectivity index (χ0) is 12.5. The quantitative estimate of drug-likeness (QED) is 0.836. The lowest BCUT2D eigenvalue weighted by Gasteiger charge is -2.28. The molecule has 7 heteroatoms. The molecule has 0 bridgehead atoms. The lowest BCUT2D eigenvalue weighted by atomic mass is 10.1. The molecule has 0 saturated heterocycles. The second kappa shape index (κ2) is 4.66. The lowest BCUT2D eigenvalue weighted by molar-refractivity contribution is -0.143. The van der Waals surface area contributed by atoms with Crippen molar-refractivity contribution in [3.8, 4) is 0 Å². The molecule has 1 aromatic rings. The molecule has 0 aliphatic carbocycles. The highest BCUT2D eigenvalue weighted by Gasteiger charge is 2.30. The van der Waals surface area contributed by atoms with Gasteiger partial charge in [-0.05, 0) is 7.05 Å². The molecular weight excluding hydrogens is 233 g/mol. The Bertz CT molecular complexity index is 374. The minimum absolute atomic E-state index is 0.0261. The van der Waals surface area contributed by atoms with Crippen molar-refractivity contribution in [2.75, 3.05) is 20.1 Å². The fraction of sp³-hybridized carbons (Fsp3) is 0.700. The molecule has 2 N–H and O–H groups in total. The number of rotatable bonds is 3. The molecule has 1 aliphatic rings. The number of imidazole rings is 1. The third-order valence-electron chi connectivity index (χ3n) is 2.80. The number of nitrogens with zero attached hydrogens (tertiary/aromatic N) is 2. The van der Waals surface area contributed by atoms with Crippen LogP contribution in [0.25, 0.3) is 0 Å². The minimum atomic E-state index is -4.14. The van der Waals surface area contributed by atoms with Gasteiger partial charge in [-0.3, -0.25) is 4.90 Å². The summed E-state index contributed by atoms with van der Waals surface area (Å²) < 4.78 is 36.5. The van der Waals surface area contributed by atoms with E-state index in [2.05, 4.69) is 15.3 Å². The van der Waals surface area contributed by atoms with Gasteiger partial charge < -0.3 is 10.3 Å². The maximum absolute atomic E-state index is 12.2. The molecule has 0 aromatic carbocycles. The first-order chi connectivity index (χ1) is 7.94. The average Bonchev–Trinajstić information content (AvgIpc) is 2.61. The Morgan fingerprint density at radius 2 is 2.29 bits per heavy atom. The molecule has 96 valence electrons. The van der Waals surface area contributed by atoms with Crippen LogP contribution in [0.5, 0.6) is 0 Å². The maximum atomic E-state index is 12.2. The predicted octanol–water partition coefficient (Wildman–Crippen LogP) is 0.918. The third kappa shape index (κ3) is 3.44. The summed E-state index contributed by atoms with van der Waals surface area (Å²) in [5, 5.41) is 3.20. The summed E-state index contributed by atoms with van der Waals surface area (Å²) in [6.07, 6.45) is -1.85. The fourth-order valence-corrected chi connectivity index (χ4v) is 2.11. The van der Waals surface area contributed by atoms with Gasteiger partial charge in [0.25, 0.3) is 0 Å². The largest absolute Gasteiger partial charge is 0.401 e. The van der Waals surface area contributed by atoms with Crippen LogP contribution in [-0.4, -0.2) is 47.2 Å². The van der Waals surface area contributed by atoms with Gasteiger partial charge in [-0.15, -0.1) is 0 Å². The van der Waals surface area contributed by atoms with Crippen LogP contribution in [0.1, 0.15) is 11.4 Å². The van der Waals surface area contributed by atoms with Crippen molar-refractivity contribution >= 4 is 0 Å². The standard InChI is InChI=1S/C10H15F3N4/c1-17(5-10(11,12)13)4-7-2-8-9(3-14-7)16-6-15-8/h6-7,14H,2-5H2,1H3,(H,15,16). The van der Waals surface area contributed by atoms with E-state index in [0.29, 0.717) is 19.5 Å². The van der Waals surface area contributed by atoms with E-state index in [9.17, 15) is 13.2 Å². The molecule has 2 rings (SSSR count). The van der Waals surface area contributed by atoms with Crippen LogP contribution < -0.4 is 5.32 Å². The van der Waals surface area contributed by atoms with Gasteiger partial charge in [0.1, 0.15) is 0 Å². The summed E-state index contributed by atoms with van der Waals surface area (Å²) in [5.74, 6) is 0. The molecule has 2 heterocycles. The first kappa shape index (κ1) is 12.4. The number of likely N-dealkylation sites (N-methyl/N-ethyl adjacent to an activating group) is 1. The number of aromatic nitrogens is 2. The second-order valence-electron chi connectivity index (χ2n) is 4.42. The zero-order valence-corrected chi connectivity index (χ0v) is 9.51. The number of halogens is 3. The van der Waals surface area contributed by atoms with Crippen molar-refractivity contribution in [3.05, 3.63) is 17.7 Å². The zero-order valence-electron chi connectivity index (χ0n) is 9.51. The number of aromatic amines is 1. The molecule has 0 spiro atoms. The number of hydrogen-bond donors (Lipinski definition) is 2. The Morgan fingerprint density at radius 1 is 1.53 bits per heavy atom. The summed E-state index contributed by atoms with van der Waals surface area (Å²) in [4.78, 5) is 8.44. The molecule has 0 radical (unpaired) electrons. The normalized spacial score (nSPS) is 20.6. The molecular formula is C10H15F3N4. The molecule has 17 heavy (non-hydrogen) atoms. The van der Waals surface area contributed by atoms with E-state index in [4.69, 9.17) is 0 Å². The topological polar surface area (TPSA) is 44.0 Å². The first-order valence-corrected chi connectivity index (χ1v) is 5.44. The van der Waals surface area contributed by atoms with E-state index in [0.717, 1.165) is 11.4 Å². The number of nitrogens with one attached hydrogen (secondary N) is 2. The number of H-pyrrole nitrogens is 1. The Hall–Kier alpha value is -1.08. The van der Waals surface area contributed by atoms with Crippen LogP contribution in [0.3, 0.4) is 0 Å². The third-order valence-corrected chi connectivity index (χ3v) is 2.80. The first-order valence-electron chi connectivity index (χ1n) is 5.44. The highest BCUT2D eigenvalue weighted by molar-refractivity contribution is 5.15. The van der Waals surface area contributed by atoms with Crippen molar-refractivity contribution in [3.63, 3.8) is 0 Å². The van der Waals surface area contributed by atoms with Gasteiger partial charge in [-0.1, -0.05) is 0 Å². The summed E-state index contributed by atoms with van der Waals surface area (Å²) in [6.45, 7) is 0.129. The highest BCUT2D eigenvalue weighted by atomic mass is 19.4. The number of alkyl halides is 3. The van der Waals surface area contributed by atoms with E-state index >= 15 is 0 Å². The smallest absolute Gasteiger partial charge is 0.347 e. The van der Waals surface area contributed by atoms with Gasteiger partial charge in [-0.2, -0.15) is 13.2 Å². The molecule has 0 fully saturated rings. The van der Waals surface area contributed by atoms with Crippen molar-refractivity contribution in [2.45, 2.75) is 25.2 Å². The van der Waals surface area contributed by atoms with Gasteiger partial charge in [0.2, 0.25) is 0 Å². The van der Waals surface area contributed by atoms with E-state index in [1.54, 1.807) is 6.33 Å². The second-order valence-corrected chi connectivity index (χ2v) is 4.42. The van der Waals surface area contributed by atoms with Gasteiger partial charge in [0, 0.05) is 25.6 Å². The molecule has 0 saturated carbocycles. The van der Waals surface area contributed by atoms with Crippen LogP contribution in [-0.2, 0) is 13.0 Å². The van der Waals surface area contributed by atoms with Gasteiger partial charge in [-0.25, -0.2) is 4.98 Å². The van der Waals surface area contributed by atoms with Crippen LogP contribution in [0.15, 0.2) is 6.33 Å². The average molecular weight is 248 g/mol.